The number of benzene rings is 1. The van der Waals surface area contributed by atoms with Gasteiger partial charge in [-0.3, -0.25) is 14.7 Å². The van der Waals surface area contributed by atoms with Crippen molar-refractivity contribution in [3.8, 4) is 11.1 Å². The molecule has 140 valence electrons. The first-order chi connectivity index (χ1) is 13.2. The van der Waals surface area contributed by atoms with Gasteiger partial charge in [0, 0.05) is 32.4 Å². The summed E-state index contributed by atoms with van der Waals surface area (Å²) in [7, 11) is 0. The Morgan fingerprint density at radius 3 is 2.74 bits per heavy atom. The van der Waals surface area contributed by atoms with E-state index >= 15 is 0 Å². The van der Waals surface area contributed by atoms with E-state index in [2.05, 4.69) is 25.2 Å². The van der Waals surface area contributed by atoms with Crippen LogP contribution in [0.3, 0.4) is 0 Å². The number of pyridine rings is 1. The van der Waals surface area contributed by atoms with E-state index in [4.69, 9.17) is 4.74 Å². The normalized spacial score (nSPS) is 15.1. The molecule has 2 aromatic heterocycles. The van der Waals surface area contributed by atoms with Crippen molar-refractivity contribution < 1.29 is 9.13 Å². The van der Waals surface area contributed by atoms with Gasteiger partial charge in [0.1, 0.15) is 5.82 Å². The summed E-state index contributed by atoms with van der Waals surface area (Å²) in [5.41, 5.74) is 1.49. The highest BCUT2D eigenvalue weighted by atomic mass is 19.1. The number of anilines is 1. The number of morpholine rings is 1. The van der Waals surface area contributed by atoms with Crippen molar-refractivity contribution in [2.75, 3.05) is 44.7 Å². The van der Waals surface area contributed by atoms with Crippen LogP contribution in [-0.4, -0.2) is 59.2 Å². The van der Waals surface area contributed by atoms with Crippen molar-refractivity contribution in [1.29, 1.82) is 0 Å². The molecule has 1 fully saturated rings. The molecule has 0 radical (unpaired) electrons. The third-order valence-electron chi connectivity index (χ3n) is 4.59. The van der Waals surface area contributed by atoms with Gasteiger partial charge in [-0.05, 0) is 29.3 Å². The zero-order chi connectivity index (χ0) is 18.6. The molecule has 7 nitrogen and oxygen atoms in total. The standard InChI is InChI=1S/C19H20FN5O2/c20-14-3-1-13(2-4-14)15-5-6-21-17-16(15)18(26)24-19(23-17)22-7-8-25-9-11-27-12-10-25/h1-6H,7-12H2,(H2,21,22,23,24,26). The Bertz CT molecular complexity index is 984. The van der Waals surface area contributed by atoms with Crippen molar-refractivity contribution in [2.45, 2.75) is 0 Å². The Labute approximate surface area is 155 Å². The third-order valence-corrected chi connectivity index (χ3v) is 4.59. The molecule has 27 heavy (non-hydrogen) atoms. The van der Waals surface area contributed by atoms with Gasteiger partial charge >= 0.3 is 0 Å². The number of fused-ring (bicyclic) bond motifs is 1. The second-order valence-electron chi connectivity index (χ2n) is 6.36. The number of aromatic nitrogens is 3. The molecule has 1 saturated heterocycles. The molecule has 0 spiro atoms. The van der Waals surface area contributed by atoms with Crippen molar-refractivity contribution in [2.24, 2.45) is 0 Å². The summed E-state index contributed by atoms with van der Waals surface area (Å²) < 4.78 is 18.5. The van der Waals surface area contributed by atoms with Crippen molar-refractivity contribution in [3.05, 3.63) is 52.7 Å². The first-order valence-corrected chi connectivity index (χ1v) is 8.90. The molecule has 0 amide bonds. The Hall–Kier alpha value is -2.84. The van der Waals surface area contributed by atoms with E-state index in [-0.39, 0.29) is 11.4 Å². The second-order valence-corrected chi connectivity index (χ2v) is 6.36. The van der Waals surface area contributed by atoms with Crippen LogP contribution in [0.5, 0.6) is 0 Å². The lowest BCUT2D eigenvalue weighted by molar-refractivity contribution is 0.0398. The number of rotatable bonds is 5. The number of aromatic amines is 1. The van der Waals surface area contributed by atoms with Crippen LogP contribution in [0.25, 0.3) is 22.2 Å². The van der Waals surface area contributed by atoms with Gasteiger partial charge in [0.25, 0.3) is 5.56 Å². The summed E-state index contributed by atoms with van der Waals surface area (Å²) in [5.74, 6) is 0.0698. The molecular weight excluding hydrogens is 349 g/mol. The molecule has 8 heteroatoms. The lowest BCUT2D eigenvalue weighted by atomic mass is 10.0. The minimum atomic E-state index is -0.323. The number of hydrogen-bond donors (Lipinski definition) is 2. The summed E-state index contributed by atoms with van der Waals surface area (Å²) in [4.78, 5) is 26.4. The highest BCUT2D eigenvalue weighted by molar-refractivity contribution is 5.92. The molecule has 3 heterocycles. The van der Waals surface area contributed by atoms with E-state index in [9.17, 15) is 9.18 Å². The maximum Gasteiger partial charge on any atom is 0.262 e. The molecule has 1 aliphatic rings. The average Bonchev–Trinajstić information content (AvgIpc) is 2.69. The van der Waals surface area contributed by atoms with Gasteiger partial charge in [-0.1, -0.05) is 12.1 Å². The van der Waals surface area contributed by atoms with Crippen LogP contribution in [0, 0.1) is 5.82 Å². The molecule has 1 aromatic carbocycles. The number of nitrogens with one attached hydrogen (secondary N) is 2. The van der Waals surface area contributed by atoms with E-state index in [1.807, 2.05) is 0 Å². The van der Waals surface area contributed by atoms with Gasteiger partial charge in [-0.2, -0.15) is 4.98 Å². The maximum atomic E-state index is 13.2. The SMILES string of the molecule is O=c1[nH]c(NCCN2CCOCC2)nc2nccc(-c3ccc(F)cc3)c12. The molecule has 4 rings (SSSR count). The zero-order valence-corrected chi connectivity index (χ0v) is 14.7. The van der Waals surface area contributed by atoms with Crippen LogP contribution >= 0.6 is 0 Å². The lowest BCUT2D eigenvalue weighted by Gasteiger charge is -2.26. The number of nitrogens with zero attached hydrogens (tertiary/aromatic N) is 3. The Kier molecular flexibility index (Phi) is 5.08. The van der Waals surface area contributed by atoms with Gasteiger partial charge in [-0.15, -0.1) is 0 Å². The molecule has 0 saturated carbocycles. The van der Waals surface area contributed by atoms with Gasteiger partial charge in [-0.25, -0.2) is 9.37 Å². The smallest absolute Gasteiger partial charge is 0.262 e. The molecule has 3 aromatic rings. The highest BCUT2D eigenvalue weighted by Gasteiger charge is 2.13. The number of halogens is 1. The molecule has 0 unspecified atom stereocenters. The molecular formula is C19H20FN5O2. The molecule has 0 atom stereocenters. The van der Waals surface area contributed by atoms with Gasteiger partial charge in [0.15, 0.2) is 5.65 Å². The topological polar surface area (TPSA) is 83.1 Å². The Balaban J connectivity index is 1.57. The molecule has 1 aliphatic heterocycles. The summed E-state index contributed by atoms with van der Waals surface area (Å²) in [6.07, 6.45) is 1.60. The van der Waals surface area contributed by atoms with E-state index in [0.717, 1.165) is 38.4 Å². The number of hydrogen-bond acceptors (Lipinski definition) is 6. The molecule has 2 N–H and O–H groups in total. The minimum Gasteiger partial charge on any atom is -0.379 e. The summed E-state index contributed by atoms with van der Waals surface area (Å²) >= 11 is 0. The Morgan fingerprint density at radius 2 is 1.96 bits per heavy atom. The third kappa shape index (κ3) is 3.96. The van der Waals surface area contributed by atoms with Crippen LogP contribution in [0.2, 0.25) is 0 Å². The van der Waals surface area contributed by atoms with E-state index in [1.165, 1.54) is 12.1 Å². The van der Waals surface area contributed by atoms with Crippen LogP contribution < -0.4 is 10.9 Å². The van der Waals surface area contributed by atoms with Crippen LogP contribution in [0.4, 0.5) is 10.3 Å². The van der Waals surface area contributed by atoms with Crippen molar-refractivity contribution >= 4 is 17.0 Å². The van der Waals surface area contributed by atoms with Crippen LogP contribution in [0.1, 0.15) is 0 Å². The van der Waals surface area contributed by atoms with E-state index in [0.29, 0.717) is 29.1 Å². The van der Waals surface area contributed by atoms with Gasteiger partial charge < -0.3 is 10.1 Å². The van der Waals surface area contributed by atoms with E-state index < -0.39 is 0 Å². The van der Waals surface area contributed by atoms with Crippen LogP contribution in [0.15, 0.2) is 41.3 Å². The number of ether oxygens (including phenoxy) is 1. The van der Waals surface area contributed by atoms with Gasteiger partial charge in [0.2, 0.25) is 5.95 Å². The second kappa shape index (κ2) is 7.81. The van der Waals surface area contributed by atoms with Gasteiger partial charge in [0.05, 0.1) is 18.6 Å². The predicted molar refractivity (Wildman–Crippen MR) is 101 cm³/mol. The fraction of sp³-hybridized carbons (Fsp3) is 0.316. The first-order valence-electron chi connectivity index (χ1n) is 8.90. The fourth-order valence-electron chi connectivity index (χ4n) is 3.17. The van der Waals surface area contributed by atoms with Crippen LogP contribution in [-0.2, 0) is 4.74 Å². The summed E-state index contributed by atoms with van der Waals surface area (Å²) in [5, 5.41) is 3.54. The fourth-order valence-corrected chi connectivity index (χ4v) is 3.17. The summed E-state index contributed by atoms with van der Waals surface area (Å²) in [6.45, 7) is 4.82. The molecule has 0 aliphatic carbocycles. The maximum absolute atomic E-state index is 13.2. The van der Waals surface area contributed by atoms with E-state index in [1.54, 1.807) is 24.4 Å². The quantitative estimate of drug-likeness (QED) is 0.714. The molecule has 0 bridgehead atoms. The summed E-state index contributed by atoms with van der Waals surface area (Å²) in [6, 6.07) is 7.74. The predicted octanol–water partition coefficient (Wildman–Crippen LogP) is 1.87. The van der Waals surface area contributed by atoms with Crippen molar-refractivity contribution in [1.82, 2.24) is 19.9 Å². The average molecular weight is 369 g/mol. The highest BCUT2D eigenvalue weighted by Crippen LogP contribution is 2.24. The van der Waals surface area contributed by atoms with Crippen molar-refractivity contribution in [3.63, 3.8) is 0 Å². The minimum absolute atomic E-state index is 0.277. The zero-order valence-electron chi connectivity index (χ0n) is 14.7. The number of H-pyrrole nitrogens is 1. The largest absolute Gasteiger partial charge is 0.379 e. The monoisotopic (exact) mass is 369 g/mol. The first kappa shape index (κ1) is 17.6. The Morgan fingerprint density at radius 1 is 1.19 bits per heavy atom. The lowest BCUT2D eigenvalue weighted by Crippen LogP contribution is -2.39.